The van der Waals surface area contributed by atoms with E-state index in [-0.39, 0.29) is 0 Å². The van der Waals surface area contributed by atoms with E-state index >= 15 is 0 Å². The van der Waals surface area contributed by atoms with E-state index in [9.17, 15) is 0 Å². The Hall–Kier alpha value is -1.84. The molecule has 2 aromatic heterocycles. The van der Waals surface area contributed by atoms with Crippen LogP contribution in [-0.4, -0.2) is 21.3 Å². The number of aryl methyl sites for hydroxylation is 2. The van der Waals surface area contributed by atoms with Crippen molar-refractivity contribution in [2.75, 3.05) is 11.9 Å². The standard InChI is InChI=1S/C15H22N4/c1-4-13-9-14(5-2)19(18-13)11-12-7-8-15(16-6-3)17-10-12/h7-10H,4-6,11H2,1-3H3,(H,16,17). The van der Waals surface area contributed by atoms with Gasteiger partial charge < -0.3 is 5.32 Å². The van der Waals surface area contributed by atoms with Gasteiger partial charge in [0.15, 0.2) is 0 Å². The molecule has 4 nitrogen and oxygen atoms in total. The van der Waals surface area contributed by atoms with Gasteiger partial charge in [-0.05, 0) is 37.5 Å². The zero-order chi connectivity index (χ0) is 13.7. The molecular weight excluding hydrogens is 236 g/mol. The van der Waals surface area contributed by atoms with Crippen LogP contribution in [0.4, 0.5) is 5.82 Å². The summed E-state index contributed by atoms with van der Waals surface area (Å²) in [5, 5.41) is 7.83. The van der Waals surface area contributed by atoms with Gasteiger partial charge in [-0.1, -0.05) is 19.9 Å². The molecule has 0 amide bonds. The molecule has 4 heteroatoms. The van der Waals surface area contributed by atoms with Crippen molar-refractivity contribution >= 4 is 5.82 Å². The molecule has 0 aromatic carbocycles. The number of rotatable bonds is 6. The van der Waals surface area contributed by atoms with Crippen molar-refractivity contribution in [3.8, 4) is 0 Å². The van der Waals surface area contributed by atoms with Gasteiger partial charge in [-0.3, -0.25) is 4.68 Å². The minimum atomic E-state index is 0.794. The highest BCUT2D eigenvalue weighted by atomic mass is 15.3. The molecule has 0 saturated heterocycles. The molecule has 0 fully saturated rings. The van der Waals surface area contributed by atoms with Gasteiger partial charge in [0, 0.05) is 18.4 Å². The van der Waals surface area contributed by atoms with Crippen molar-refractivity contribution in [2.24, 2.45) is 0 Å². The zero-order valence-corrected chi connectivity index (χ0v) is 12.0. The molecule has 2 heterocycles. The summed E-state index contributed by atoms with van der Waals surface area (Å²) in [6.07, 6.45) is 3.91. The average molecular weight is 258 g/mol. The fourth-order valence-corrected chi connectivity index (χ4v) is 2.09. The quantitative estimate of drug-likeness (QED) is 0.866. The molecule has 0 aliphatic heterocycles. The van der Waals surface area contributed by atoms with Crippen LogP contribution in [0.5, 0.6) is 0 Å². The molecule has 19 heavy (non-hydrogen) atoms. The summed E-state index contributed by atoms with van der Waals surface area (Å²) in [6, 6.07) is 6.33. The van der Waals surface area contributed by atoms with Crippen molar-refractivity contribution in [1.29, 1.82) is 0 Å². The van der Waals surface area contributed by atoms with E-state index in [1.165, 1.54) is 11.3 Å². The number of anilines is 1. The van der Waals surface area contributed by atoms with Crippen molar-refractivity contribution in [2.45, 2.75) is 40.2 Å². The van der Waals surface area contributed by atoms with Crippen LogP contribution in [0.25, 0.3) is 0 Å². The molecule has 0 spiro atoms. The van der Waals surface area contributed by atoms with Crippen LogP contribution >= 0.6 is 0 Å². The molecule has 2 rings (SSSR count). The second kappa shape index (κ2) is 6.36. The number of nitrogens with one attached hydrogen (secondary N) is 1. The second-order valence-corrected chi connectivity index (χ2v) is 4.57. The Morgan fingerprint density at radius 1 is 1.16 bits per heavy atom. The molecule has 0 unspecified atom stereocenters. The van der Waals surface area contributed by atoms with Crippen LogP contribution in [0, 0.1) is 0 Å². The number of hydrogen-bond donors (Lipinski definition) is 1. The summed E-state index contributed by atoms with van der Waals surface area (Å²) in [6.45, 7) is 8.06. The van der Waals surface area contributed by atoms with Gasteiger partial charge in [0.05, 0.1) is 12.2 Å². The number of hydrogen-bond acceptors (Lipinski definition) is 3. The fraction of sp³-hybridized carbons (Fsp3) is 0.467. The maximum absolute atomic E-state index is 4.63. The molecule has 0 aliphatic rings. The molecule has 0 saturated carbocycles. The monoisotopic (exact) mass is 258 g/mol. The number of nitrogens with zero attached hydrogens (tertiary/aromatic N) is 3. The summed E-state index contributed by atoms with van der Waals surface area (Å²) in [5.41, 5.74) is 3.63. The first-order chi connectivity index (χ1) is 9.26. The first-order valence-corrected chi connectivity index (χ1v) is 7.01. The van der Waals surface area contributed by atoms with Crippen LogP contribution in [0.15, 0.2) is 24.4 Å². The second-order valence-electron chi connectivity index (χ2n) is 4.57. The van der Waals surface area contributed by atoms with E-state index < -0.39 is 0 Å². The van der Waals surface area contributed by atoms with E-state index in [0.717, 1.165) is 37.4 Å². The van der Waals surface area contributed by atoms with E-state index in [1.807, 2.05) is 12.3 Å². The minimum absolute atomic E-state index is 0.794. The topological polar surface area (TPSA) is 42.7 Å². The van der Waals surface area contributed by atoms with Crippen molar-refractivity contribution in [1.82, 2.24) is 14.8 Å². The maximum atomic E-state index is 4.63. The van der Waals surface area contributed by atoms with E-state index in [4.69, 9.17) is 0 Å². The fourth-order valence-electron chi connectivity index (χ4n) is 2.09. The Bertz CT molecular complexity index is 513. The summed E-state index contributed by atoms with van der Waals surface area (Å²) < 4.78 is 2.09. The van der Waals surface area contributed by atoms with Gasteiger partial charge >= 0.3 is 0 Å². The Balaban J connectivity index is 2.13. The lowest BCUT2D eigenvalue weighted by molar-refractivity contribution is 0.639. The summed E-state index contributed by atoms with van der Waals surface area (Å²) >= 11 is 0. The minimum Gasteiger partial charge on any atom is -0.370 e. The van der Waals surface area contributed by atoms with E-state index in [0.29, 0.717) is 0 Å². The molecule has 0 atom stereocenters. The first-order valence-electron chi connectivity index (χ1n) is 7.01. The Kier molecular flexibility index (Phi) is 4.55. The summed E-state index contributed by atoms with van der Waals surface area (Å²) in [7, 11) is 0. The zero-order valence-electron chi connectivity index (χ0n) is 12.0. The average Bonchev–Trinajstić information content (AvgIpc) is 2.83. The molecule has 0 radical (unpaired) electrons. The largest absolute Gasteiger partial charge is 0.370 e. The third-order valence-corrected chi connectivity index (χ3v) is 3.15. The number of aromatic nitrogens is 3. The van der Waals surface area contributed by atoms with Gasteiger partial charge in [0.1, 0.15) is 5.82 Å². The van der Waals surface area contributed by atoms with Gasteiger partial charge in [-0.2, -0.15) is 5.10 Å². The third-order valence-electron chi connectivity index (χ3n) is 3.15. The van der Waals surface area contributed by atoms with Crippen LogP contribution in [-0.2, 0) is 19.4 Å². The van der Waals surface area contributed by atoms with Crippen molar-refractivity contribution in [3.63, 3.8) is 0 Å². The lowest BCUT2D eigenvalue weighted by Gasteiger charge is -2.07. The van der Waals surface area contributed by atoms with Gasteiger partial charge in [0.2, 0.25) is 0 Å². The summed E-state index contributed by atoms with van der Waals surface area (Å²) in [5.74, 6) is 0.927. The van der Waals surface area contributed by atoms with Crippen molar-refractivity contribution < 1.29 is 0 Å². The molecule has 102 valence electrons. The van der Waals surface area contributed by atoms with Crippen LogP contribution in [0.1, 0.15) is 37.7 Å². The molecule has 0 aliphatic carbocycles. The van der Waals surface area contributed by atoms with Crippen molar-refractivity contribution in [3.05, 3.63) is 41.3 Å². The van der Waals surface area contributed by atoms with Gasteiger partial charge in [-0.25, -0.2) is 4.98 Å². The Morgan fingerprint density at radius 2 is 2.00 bits per heavy atom. The maximum Gasteiger partial charge on any atom is 0.125 e. The van der Waals surface area contributed by atoms with E-state index in [1.54, 1.807) is 0 Å². The van der Waals surface area contributed by atoms with Gasteiger partial charge in [0.25, 0.3) is 0 Å². The lowest BCUT2D eigenvalue weighted by Crippen LogP contribution is -2.07. The highest BCUT2D eigenvalue weighted by Crippen LogP contribution is 2.11. The van der Waals surface area contributed by atoms with Crippen LogP contribution < -0.4 is 5.32 Å². The molecular formula is C15H22N4. The highest BCUT2D eigenvalue weighted by molar-refractivity contribution is 5.35. The Morgan fingerprint density at radius 3 is 2.58 bits per heavy atom. The normalized spacial score (nSPS) is 10.7. The smallest absolute Gasteiger partial charge is 0.125 e. The molecule has 0 bridgehead atoms. The third kappa shape index (κ3) is 3.34. The first kappa shape index (κ1) is 13.6. The Labute approximate surface area is 114 Å². The lowest BCUT2D eigenvalue weighted by atomic mass is 10.2. The molecule has 2 aromatic rings. The number of pyridine rings is 1. The van der Waals surface area contributed by atoms with Crippen LogP contribution in [0.2, 0.25) is 0 Å². The van der Waals surface area contributed by atoms with Gasteiger partial charge in [-0.15, -0.1) is 0 Å². The summed E-state index contributed by atoms with van der Waals surface area (Å²) in [4.78, 5) is 4.39. The predicted octanol–water partition coefficient (Wildman–Crippen LogP) is 2.88. The predicted molar refractivity (Wildman–Crippen MR) is 78.5 cm³/mol. The highest BCUT2D eigenvalue weighted by Gasteiger charge is 2.06. The van der Waals surface area contributed by atoms with E-state index in [2.05, 4.69) is 53.0 Å². The molecule has 1 N–H and O–H groups in total. The SMILES string of the molecule is CCNc1ccc(Cn2nc(CC)cc2CC)cn1. The van der Waals surface area contributed by atoms with Crippen LogP contribution in [0.3, 0.4) is 0 Å².